The SMILES string of the molecule is C=Cc1c(C(=C)C2CC2)[nH]c(C(=O)N(CC)CCC)cc1=O. The Kier molecular flexibility index (Phi) is 5.01. The number of nitrogens with one attached hydrogen (secondary N) is 1. The van der Waals surface area contributed by atoms with Crippen molar-refractivity contribution in [2.45, 2.75) is 33.1 Å². The van der Waals surface area contributed by atoms with Gasteiger partial charge in [0.1, 0.15) is 5.69 Å². The Bertz CT molecular complexity index is 654. The predicted molar refractivity (Wildman–Crippen MR) is 90.8 cm³/mol. The summed E-state index contributed by atoms with van der Waals surface area (Å²) in [5.74, 6) is 0.277. The van der Waals surface area contributed by atoms with E-state index in [2.05, 4.69) is 18.1 Å². The van der Waals surface area contributed by atoms with Crippen LogP contribution in [-0.4, -0.2) is 28.9 Å². The van der Waals surface area contributed by atoms with Crippen molar-refractivity contribution in [1.82, 2.24) is 9.88 Å². The number of H-pyrrole nitrogens is 1. The van der Waals surface area contributed by atoms with Gasteiger partial charge in [-0.25, -0.2) is 0 Å². The Morgan fingerprint density at radius 3 is 2.64 bits per heavy atom. The van der Waals surface area contributed by atoms with Gasteiger partial charge in [-0.3, -0.25) is 9.59 Å². The number of carbonyl (C=O) groups excluding carboxylic acids is 1. The van der Waals surface area contributed by atoms with Gasteiger partial charge in [-0.1, -0.05) is 26.2 Å². The van der Waals surface area contributed by atoms with Gasteiger partial charge >= 0.3 is 0 Å². The summed E-state index contributed by atoms with van der Waals surface area (Å²) in [7, 11) is 0. The number of hydrogen-bond acceptors (Lipinski definition) is 2. The van der Waals surface area contributed by atoms with E-state index in [0.717, 1.165) is 24.8 Å². The average Bonchev–Trinajstić information content (AvgIpc) is 3.35. The first kappa shape index (κ1) is 16.3. The van der Waals surface area contributed by atoms with Crippen molar-refractivity contribution in [2.24, 2.45) is 5.92 Å². The summed E-state index contributed by atoms with van der Waals surface area (Å²) in [5.41, 5.74) is 2.23. The lowest BCUT2D eigenvalue weighted by atomic mass is 10.0. The molecule has 1 aliphatic rings. The van der Waals surface area contributed by atoms with E-state index in [9.17, 15) is 9.59 Å². The molecule has 2 rings (SSSR count). The van der Waals surface area contributed by atoms with E-state index in [1.165, 1.54) is 6.07 Å². The van der Waals surface area contributed by atoms with Crippen LogP contribution >= 0.6 is 0 Å². The van der Waals surface area contributed by atoms with Gasteiger partial charge in [0.05, 0.1) is 5.69 Å². The quantitative estimate of drug-likeness (QED) is 0.840. The second-order valence-corrected chi connectivity index (χ2v) is 5.72. The number of nitrogens with zero attached hydrogens (tertiary/aromatic N) is 1. The first-order valence-corrected chi connectivity index (χ1v) is 7.91. The molecule has 1 aromatic rings. The predicted octanol–water partition coefficient (Wildman–Crippen LogP) is 3.31. The number of hydrogen-bond donors (Lipinski definition) is 1. The van der Waals surface area contributed by atoms with Crippen LogP contribution < -0.4 is 5.43 Å². The maximum absolute atomic E-state index is 12.6. The van der Waals surface area contributed by atoms with Crippen molar-refractivity contribution in [3.63, 3.8) is 0 Å². The third-order valence-electron chi connectivity index (χ3n) is 4.06. The molecular formula is C18H24N2O2. The first-order chi connectivity index (χ1) is 10.5. The molecule has 118 valence electrons. The van der Waals surface area contributed by atoms with Gasteiger partial charge in [0.25, 0.3) is 5.91 Å². The van der Waals surface area contributed by atoms with E-state index in [1.807, 2.05) is 13.8 Å². The Morgan fingerprint density at radius 1 is 1.45 bits per heavy atom. The molecule has 1 N–H and O–H groups in total. The maximum Gasteiger partial charge on any atom is 0.270 e. The molecule has 1 heterocycles. The summed E-state index contributed by atoms with van der Waals surface area (Å²) < 4.78 is 0. The largest absolute Gasteiger partial charge is 0.350 e. The number of rotatable bonds is 7. The van der Waals surface area contributed by atoms with Crippen molar-refractivity contribution in [3.05, 3.63) is 46.4 Å². The highest BCUT2D eigenvalue weighted by Crippen LogP contribution is 2.40. The lowest BCUT2D eigenvalue weighted by Crippen LogP contribution is -2.33. The maximum atomic E-state index is 12.6. The van der Waals surface area contributed by atoms with Gasteiger partial charge in [-0.05, 0) is 37.7 Å². The van der Waals surface area contributed by atoms with E-state index in [-0.39, 0.29) is 11.3 Å². The molecule has 1 aliphatic carbocycles. The van der Waals surface area contributed by atoms with Crippen molar-refractivity contribution in [3.8, 4) is 0 Å². The molecule has 0 radical (unpaired) electrons. The van der Waals surface area contributed by atoms with Crippen LogP contribution in [0, 0.1) is 5.92 Å². The molecule has 22 heavy (non-hydrogen) atoms. The lowest BCUT2D eigenvalue weighted by molar-refractivity contribution is 0.0758. The number of aromatic amines is 1. The number of aromatic nitrogens is 1. The average molecular weight is 300 g/mol. The Labute approximate surface area is 131 Å². The molecule has 4 heteroatoms. The van der Waals surface area contributed by atoms with E-state index in [4.69, 9.17) is 0 Å². The monoisotopic (exact) mass is 300 g/mol. The Balaban J connectivity index is 2.45. The minimum Gasteiger partial charge on any atom is -0.350 e. The van der Waals surface area contributed by atoms with Gasteiger partial charge < -0.3 is 9.88 Å². The van der Waals surface area contributed by atoms with Gasteiger partial charge in [0.15, 0.2) is 5.43 Å². The fourth-order valence-corrected chi connectivity index (χ4v) is 2.62. The standard InChI is InChI=1S/C18H24N2O2/c1-5-10-20(7-3)18(22)15-11-16(21)14(6-2)17(19-15)12(4)13-8-9-13/h6,11,13H,2,4-5,7-10H2,1,3H3,(H,19,21). The minimum absolute atomic E-state index is 0.137. The van der Waals surface area contributed by atoms with Crippen molar-refractivity contribution >= 4 is 17.6 Å². The number of allylic oxidation sites excluding steroid dienone is 1. The molecule has 1 amide bonds. The third-order valence-corrected chi connectivity index (χ3v) is 4.06. The van der Waals surface area contributed by atoms with E-state index in [0.29, 0.717) is 36.0 Å². The van der Waals surface area contributed by atoms with Crippen LogP contribution in [0.4, 0.5) is 0 Å². The normalized spacial score (nSPS) is 13.7. The molecular weight excluding hydrogens is 276 g/mol. The molecule has 0 spiro atoms. The summed E-state index contributed by atoms with van der Waals surface area (Å²) in [6.45, 7) is 13.1. The van der Waals surface area contributed by atoms with Gasteiger partial charge in [-0.2, -0.15) is 0 Å². The first-order valence-electron chi connectivity index (χ1n) is 7.91. The van der Waals surface area contributed by atoms with Crippen LogP contribution in [-0.2, 0) is 0 Å². The second kappa shape index (κ2) is 6.77. The Hall–Kier alpha value is -2.10. The van der Waals surface area contributed by atoms with Crippen LogP contribution in [0.5, 0.6) is 0 Å². The summed E-state index contributed by atoms with van der Waals surface area (Å²) in [6, 6.07) is 1.38. The lowest BCUT2D eigenvalue weighted by Gasteiger charge is -2.21. The summed E-state index contributed by atoms with van der Waals surface area (Å²) >= 11 is 0. The van der Waals surface area contributed by atoms with Gasteiger partial charge in [-0.15, -0.1) is 0 Å². The van der Waals surface area contributed by atoms with Crippen LogP contribution in [0.1, 0.15) is 54.9 Å². The number of carbonyl (C=O) groups is 1. The van der Waals surface area contributed by atoms with E-state index >= 15 is 0 Å². The summed E-state index contributed by atoms with van der Waals surface area (Å²) in [5, 5.41) is 0. The zero-order chi connectivity index (χ0) is 16.3. The van der Waals surface area contributed by atoms with Crippen molar-refractivity contribution in [2.75, 3.05) is 13.1 Å². The minimum atomic E-state index is -0.179. The fourth-order valence-electron chi connectivity index (χ4n) is 2.62. The molecule has 0 bridgehead atoms. The smallest absolute Gasteiger partial charge is 0.270 e. The molecule has 0 aromatic carbocycles. The molecule has 1 fully saturated rings. The number of amides is 1. The summed E-state index contributed by atoms with van der Waals surface area (Å²) in [4.78, 5) is 29.8. The zero-order valence-electron chi connectivity index (χ0n) is 13.4. The van der Waals surface area contributed by atoms with Crippen molar-refractivity contribution in [1.29, 1.82) is 0 Å². The van der Waals surface area contributed by atoms with E-state index in [1.54, 1.807) is 11.0 Å². The molecule has 4 nitrogen and oxygen atoms in total. The van der Waals surface area contributed by atoms with Gasteiger partial charge in [0, 0.05) is 24.7 Å². The molecule has 1 saturated carbocycles. The summed E-state index contributed by atoms with van der Waals surface area (Å²) in [6.07, 6.45) is 4.61. The highest BCUT2D eigenvalue weighted by atomic mass is 16.2. The van der Waals surface area contributed by atoms with Crippen LogP contribution in [0.2, 0.25) is 0 Å². The third kappa shape index (κ3) is 3.21. The van der Waals surface area contributed by atoms with Gasteiger partial charge in [0.2, 0.25) is 0 Å². The molecule has 0 saturated heterocycles. The topological polar surface area (TPSA) is 53.2 Å². The molecule has 0 unspecified atom stereocenters. The highest BCUT2D eigenvalue weighted by molar-refractivity contribution is 5.93. The number of pyridine rings is 1. The second-order valence-electron chi connectivity index (χ2n) is 5.72. The zero-order valence-corrected chi connectivity index (χ0v) is 13.4. The highest BCUT2D eigenvalue weighted by Gasteiger charge is 2.28. The Morgan fingerprint density at radius 2 is 2.14 bits per heavy atom. The molecule has 0 aliphatic heterocycles. The van der Waals surface area contributed by atoms with Crippen molar-refractivity contribution < 1.29 is 4.79 Å². The van der Waals surface area contributed by atoms with Crippen LogP contribution in [0.3, 0.4) is 0 Å². The molecule has 0 atom stereocenters. The van der Waals surface area contributed by atoms with Crippen LogP contribution in [0.15, 0.2) is 24.0 Å². The fraction of sp³-hybridized carbons (Fsp3) is 0.444. The van der Waals surface area contributed by atoms with Crippen LogP contribution in [0.25, 0.3) is 11.6 Å². The van der Waals surface area contributed by atoms with E-state index < -0.39 is 0 Å². The molecule has 1 aromatic heterocycles.